The Hall–Kier alpha value is -0.0500. The van der Waals surface area contributed by atoms with E-state index in [1.54, 1.807) is 0 Å². The molecule has 0 fully saturated rings. The minimum Gasteiger partial charge on any atom is -0.370 e. The van der Waals surface area contributed by atoms with Gasteiger partial charge in [-0.3, -0.25) is 0 Å². The highest BCUT2D eigenvalue weighted by Crippen LogP contribution is 2.17. The van der Waals surface area contributed by atoms with Gasteiger partial charge in [0.05, 0.1) is 12.2 Å². The van der Waals surface area contributed by atoms with Gasteiger partial charge in [-0.15, -0.1) is 12.4 Å². The summed E-state index contributed by atoms with van der Waals surface area (Å²) in [5.41, 5.74) is 5.39. The van der Waals surface area contributed by atoms with Crippen molar-refractivity contribution in [1.82, 2.24) is 0 Å². The molecule has 2 nitrogen and oxygen atoms in total. The number of halogens is 1. The minimum absolute atomic E-state index is 0. The van der Waals surface area contributed by atoms with E-state index in [1.807, 2.05) is 13.0 Å². The van der Waals surface area contributed by atoms with Gasteiger partial charge in [0.1, 0.15) is 0 Å². The molecule has 1 atom stereocenters. The Morgan fingerprint density at radius 1 is 1.60 bits per heavy atom. The highest BCUT2D eigenvalue weighted by molar-refractivity contribution is 5.85. The van der Waals surface area contributed by atoms with E-state index in [0.29, 0.717) is 13.2 Å². The monoisotopic (exact) mass is 163 g/mol. The van der Waals surface area contributed by atoms with Gasteiger partial charge >= 0.3 is 0 Å². The Bertz CT molecular complexity index is 127. The Kier molecular flexibility index (Phi) is 3.94. The predicted octanol–water partition coefficient (Wildman–Crippen LogP) is 1.10. The fourth-order valence-corrected chi connectivity index (χ4v) is 0.851. The zero-order chi connectivity index (χ0) is 6.74. The van der Waals surface area contributed by atoms with Crippen LogP contribution >= 0.6 is 12.4 Å². The van der Waals surface area contributed by atoms with Gasteiger partial charge in [0.2, 0.25) is 0 Å². The summed E-state index contributed by atoms with van der Waals surface area (Å²) in [6, 6.07) is 0. The molecule has 0 aromatic rings. The van der Waals surface area contributed by atoms with E-state index in [-0.39, 0.29) is 18.0 Å². The Morgan fingerprint density at radius 3 is 2.60 bits per heavy atom. The van der Waals surface area contributed by atoms with Gasteiger partial charge in [-0.05, 0) is 13.3 Å². The average molecular weight is 164 g/mol. The molecule has 0 aromatic carbocycles. The van der Waals surface area contributed by atoms with E-state index >= 15 is 0 Å². The summed E-state index contributed by atoms with van der Waals surface area (Å²) < 4.78 is 5.40. The Balaban J connectivity index is 0.000000810. The first kappa shape index (κ1) is 9.95. The molecule has 3 heteroatoms. The third kappa shape index (κ3) is 2.29. The van der Waals surface area contributed by atoms with E-state index in [0.717, 1.165) is 6.42 Å². The van der Waals surface area contributed by atoms with Gasteiger partial charge in [-0.2, -0.15) is 0 Å². The van der Waals surface area contributed by atoms with Crippen LogP contribution in [0.3, 0.4) is 0 Å². The molecule has 0 saturated carbocycles. The molecular formula is C7H14ClNO. The number of rotatable bonds is 1. The average Bonchev–Trinajstić information content (AvgIpc) is 1.90. The third-order valence-corrected chi connectivity index (χ3v) is 1.68. The van der Waals surface area contributed by atoms with Crippen molar-refractivity contribution in [3.8, 4) is 0 Å². The molecule has 1 aliphatic heterocycles. The summed E-state index contributed by atoms with van der Waals surface area (Å²) in [6.07, 6.45) is 5.09. The molecule has 1 aliphatic rings. The van der Waals surface area contributed by atoms with Crippen molar-refractivity contribution in [1.29, 1.82) is 0 Å². The highest BCUT2D eigenvalue weighted by atomic mass is 35.5. The number of hydrogen-bond donors (Lipinski definition) is 1. The maximum atomic E-state index is 5.48. The zero-order valence-electron chi connectivity index (χ0n) is 6.17. The largest absolute Gasteiger partial charge is 0.370 e. The Morgan fingerprint density at radius 2 is 2.30 bits per heavy atom. The topological polar surface area (TPSA) is 35.2 Å². The second kappa shape index (κ2) is 3.96. The van der Waals surface area contributed by atoms with Gasteiger partial charge in [-0.25, -0.2) is 0 Å². The van der Waals surface area contributed by atoms with Crippen LogP contribution < -0.4 is 5.73 Å². The van der Waals surface area contributed by atoms with Gasteiger partial charge in [0.25, 0.3) is 0 Å². The van der Waals surface area contributed by atoms with Gasteiger partial charge in [0.15, 0.2) is 0 Å². The molecule has 0 radical (unpaired) electrons. The lowest BCUT2D eigenvalue weighted by Crippen LogP contribution is -2.38. The van der Waals surface area contributed by atoms with Crippen LogP contribution in [0.5, 0.6) is 0 Å². The molecule has 0 bridgehead atoms. The first-order chi connectivity index (χ1) is 4.27. The minimum atomic E-state index is -0.0885. The summed E-state index contributed by atoms with van der Waals surface area (Å²) in [7, 11) is 0. The maximum absolute atomic E-state index is 5.48. The molecule has 0 aliphatic carbocycles. The molecule has 10 heavy (non-hydrogen) atoms. The first-order valence-corrected chi connectivity index (χ1v) is 3.26. The number of ether oxygens (including phenoxy) is 1. The lowest BCUT2D eigenvalue weighted by Gasteiger charge is -2.29. The molecule has 0 aromatic heterocycles. The van der Waals surface area contributed by atoms with E-state index in [2.05, 4.69) is 6.08 Å². The SMILES string of the molecule is CC1(CN)CC=CCO1.Cl. The lowest BCUT2D eigenvalue weighted by atomic mass is 10.0. The van der Waals surface area contributed by atoms with Crippen LogP contribution in [0.4, 0.5) is 0 Å². The summed E-state index contributed by atoms with van der Waals surface area (Å²) >= 11 is 0. The van der Waals surface area contributed by atoms with E-state index in [9.17, 15) is 0 Å². The molecule has 2 N–H and O–H groups in total. The molecule has 0 saturated heterocycles. The lowest BCUT2D eigenvalue weighted by molar-refractivity contribution is -0.0139. The van der Waals surface area contributed by atoms with Crippen LogP contribution in [0, 0.1) is 0 Å². The van der Waals surface area contributed by atoms with Crippen molar-refractivity contribution < 1.29 is 4.74 Å². The van der Waals surface area contributed by atoms with E-state index in [4.69, 9.17) is 10.5 Å². The van der Waals surface area contributed by atoms with Crippen LogP contribution in [-0.2, 0) is 4.74 Å². The van der Waals surface area contributed by atoms with Crippen molar-refractivity contribution in [2.75, 3.05) is 13.2 Å². The van der Waals surface area contributed by atoms with Crippen molar-refractivity contribution in [2.45, 2.75) is 18.9 Å². The van der Waals surface area contributed by atoms with Crippen molar-refractivity contribution >= 4 is 12.4 Å². The van der Waals surface area contributed by atoms with E-state index < -0.39 is 0 Å². The van der Waals surface area contributed by atoms with Gasteiger partial charge in [-0.1, -0.05) is 12.2 Å². The van der Waals surface area contributed by atoms with Crippen LogP contribution in [0.15, 0.2) is 12.2 Å². The van der Waals surface area contributed by atoms with Crippen molar-refractivity contribution in [2.24, 2.45) is 5.73 Å². The van der Waals surface area contributed by atoms with Gasteiger partial charge < -0.3 is 10.5 Å². The molecule has 1 unspecified atom stereocenters. The van der Waals surface area contributed by atoms with E-state index in [1.165, 1.54) is 0 Å². The van der Waals surface area contributed by atoms with Crippen LogP contribution in [0.1, 0.15) is 13.3 Å². The molecule has 1 heterocycles. The number of nitrogens with two attached hydrogens (primary N) is 1. The second-order valence-corrected chi connectivity index (χ2v) is 2.64. The van der Waals surface area contributed by atoms with Crippen LogP contribution in [-0.4, -0.2) is 18.8 Å². The highest BCUT2D eigenvalue weighted by Gasteiger charge is 2.22. The second-order valence-electron chi connectivity index (χ2n) is 2.64. The fourth-order valence-electron chi connectivity index (χ4n) is 0.851. The maximum Gasteiger partial charge on any atom is 0.0814 e. The van der Waals surface area contributed by atoms with Crippen LogP contribution in [0.25, 0.3) is 0 Å². The van der Waals surface area contributed by atoms with Crippen LogP contribution in [0.2, 0.25) is 0 Å². The molecule has 1 rings (SSSR count). The standard InChI is InChI=1S/C7H13NO.ClH/c1-7(6-8)4-2-3-5-9-7;/h2-3H,4-6,8H2,1H3;1H. The summed E-state index contributed by atoms with van der Waals surface area (Å²) in [5.74, 6) is 0. The summed E-state index contributed by atoms with van der Waals surface area (Å²) in [5, 5.41) is 0. The summed E-state index contributed by atoms with van der Waals surface area (Å²) in [6.45, 7) is 3.36. The zero-order valence-corrected chi connectivity index (χ0v) is 6.99. The van der Waals surface area contributed by atoms with Crippen molar-refractivity contribution in [3.05, 3.63) is 12.2 Å². The van der Waals surface area contributed by atoms with Crippen molar-refractivity contribution in [3.63, 3.8) is 0 Å². The fraction of sp³-hybridized carbons (Fsp3) is 0.714. The molecular weight excluding hydrogens is 150 g/mol. The predicted molar refractivity (Wildman–Crippen MR) is 44.4 cm³/mol. The first-order valence-electron chi connectivity index (χ1n) is 3.26. The third-order valence-electron chi connectivity index (χ3n) is 1.68. The molecule has 60 valence electrons. The van der Waals surface area contributed by atoms with Gasteiger partial charge in [0, 0.05) is 6.54 Å². The quantitative estimate of drug-likeness (QED) is 0.588. The Labute approximate surface area is 67.8 Å². The summed E-state index contributed by atoms with van der Waals surface area (Å²) in [4.78, 5) is 0. The smallest absolute Gasteiger partial charge is 0.0814 e. The number of hydrogen-bond acceptors (Lipinski definition) is 2. The molecule has 0 spiro atoms. The molecule has 0 amide bonds. The normalized spacial score (nSPS) is 31.4.